The first-order chi connectivity index (χ1) is 13.8. The van der Waals surface area contributed by atoms with E-state index in [4.69, 9.17) is 4.74 Å². The van der Waals surface area contributed by atoms with Gasteiger partial charge in [-0.1, -0.05) is 19.1 Å². The van der Waals surface area contributed by atoms with Crippen molar-refractivity contribution in [1.82, 2.24) is 9.97 Å². The summed E-state index contributed by atoms with van der Waals surface area (Å²) in [5.74, 6) is -0.628. The van der Waals surface area contributed by atoms with Gasteiger partial charge in [-0.15, -0.1) is 11.3 Å². The second-order valence-corrected chi connectivity index (χ2v) is 7.21. The Morgan fingerprint density at radius 1 is 1.24 bits per heavy atom. The van der Waals surface area contributed by atoms with E-state index >= 15 is 0 Å². The maximum absolute atomic E-state index is 12.5. The second kappa shape index (κ2) is 8.31. The van der Waals surface area contributed by atoms with E-state index in [1.807, 2.05) is 13.8 Å². The van der Waals surface area contributed by atoms with Crippen LogP contribution in [0.25, 0.3) is 10.2 Å². The molecule has 1 N–H and O–H groups in total. The number of hydrogen-bond acceptors (Lipinski definition) is 8. The van der Waals surface area contributed by atoms with Crippen LogP contribution in [0.1, 0.15) is 33.7 Å². The van der Waals surface area contributed by atoms with Gasteiger partial charge in [-0.25, -0.2) is 14.8 Å². The quantitative estimate of drug-likeness (QED) is 0.371. The lowest BCUT2D eigenvalue weighted by atomic mass is 10.1. The van der Waals surface area contributed by atoms with E-state index in [-0.39, 0.29) is 11.4 Å². The molecule has 10 heteroatoms. The number of thiophene rings is 1. The van der Waals surface area contributed by atoms with Crippen molar-refractivity contribution in [3.8, 4) is 0 Å². The van der Waals surface area contributed by atoms with Crippen molar-refractivity contribution in [2.24, 2.45) is 0 Å². The van der Waals surface area contributed by atoms with Crippen LogP contribution in [0.3, 0.4) is 0 Å². The number of esters is 1. The van der Waals surface area contributed by atoms with E-state index in [1.54, 1.807) is 13.0 Å². The molecule has 0 aliphatic rings. The van der Waals surface area contributed by atoms with Crippen LogP contribution in [0.4, 0.5) is 11.4 Å². The van der Waals surface area contributed by atoms with Crippen molar-refractivity contribution >= 4 is 44.8 Å². The number of carbonyl (C=O) groups is 2. The van der Waals surface area contributed by atoms with Gasteiger partial charge in [0.25, 0.3) is 11.6 Å². The van der Waals surface area contributed by atoms with Gasteiger partial charge in [0.15, 0.2) is 6.61 Å². The Morgan fingerprint density at radius 2 is 1.97 bits per heavy atom. The third-order valence-electron chi connectivity index (χ3n) is 4.23. The highest BCUT2D eigenvalue weighted by molar-refractivity contribution is 7.20. The molecule has 0 bridgehead atoms. The molecular weight excluding hydrogens is 396 g/mol. The molecule has 0 aliphatic carbocycles. The van der Waals surface area contributed by atoms with Gasteiger partial charge < -0.3 is 10.1 Å². The van der Waals surface area contributed by atoms with Gasteiger partial charge in [-0.05, 0) is 25.5 Å². The Bertz CT molecular complexity index is 1130. The van der Waals surface area contributed by atoms with Crippen molar-refractivity contribution in [2.45, 2.75) is 27.2 Å². The topological polar surface area (TPSA) is 124 Å². The first-order valence-corrected chi connectivity index (χ1v) is 9.60. The zero-order valence-corrected chi connectivity index (χ0v) is 16.8. The first kappa shape index (κ1) is 20.3. The molecule has 1 amide bonds. The van der Waals surface area contributed by atoms with E-state index < -0.39 is 23.4 Å². The van der Waals surface area contributed by atoms with Gasteiger partial charge in [0.1, 0.15) is 21.2 Å². The largest absolute Gasteiger partial charge is 0.451 e. The molecule has 3 rings (SSSR count). The number of nitrogens with one attached hydrogen (secondary N) is 1. The molecule has 0 aliphatic heterocycles. The summed E-state index contributed by atoms with van der Waals surface area (Å²) in [6.07, 6.45) is 0.680. The number of aryl methyl sites for hydroxylation is 3. The minimum atomic E-state index is -0.671. The highest BCUT2D eigenvalue weighted by Crippen LogP contribution is 2.32. The number of carbonyl (C=O) groups excluding carboxylic acids is 2. The highest BCUT2D eigenvalue weighted by atomic mass is 32.1. The number of fused-ring (bicyclic) bond motifs is 1. The van der Waals surface area contributed by atoms with Crippen LogP contribution in [-0.4, -0.2) is 33.4 Å². The van der Waals surface area contributed by atoms with E-state index in [1.165, 1.54) is 29.5 Å². The van der Waals surface area contributed by atoms with Crippen LogP contribution in [-0.2, 0) is 16.0 Å². The fourth-order valence-electron chi connectivity index (χ4n) is 2.87. The number of anilines is 1. The summed E-state index contributed by atoms with van der Waals surface area (Å²) in [5, 5.41) is 14.2. The van der Waals surface area contributed by atoms with Crippen LogP contribution in [0.5, 0.6) is 0 Å². The molecule has 0 radical (unpaired) electrons. The molecule has 2 heterocycles. The van der Waals surface area contributed by atoms with Gasteiger partial charge in [-0.3, -0.25) is 14.9 Å². The SMILES string of the molecule is CCc1nc(C)c2c(C)c(C(=O)OCC(=O)Nc3ccccc3[N+](=O)[O-])sc2n1. The number of nitro groups is 1. The number of rotatable bonds is 6. The Hall–Kier alpha value is -3.40. The number of ether oxygens (including phenoxy) is 1. The van der Waals surface area contributed by atoms with Gasteiger partial charge in [0, 0.05) is 23.6 Å². The minimum Gasteiger partial charge on any atom is -0.451 e. The monoisotopic (exact) mass is 414 g/mol. The van der Waals surface area contributed by atoms with Crippen LogP contribution in [0, 0.1) is 24.0 Å². The van der Waals surface area contributed by atoms with E-state index in [0.29, 0.717) is 27.5 Å². The molecule has 0 saturated carbocycles. The minimum absolute atomic E-state index is 0.0367. The Kier molecular flexibility index (Phi) is 5.83. The molecule has 0 fully saturated rings. The van der Waals surface area contributed by atoms with E-state index in [0.717, 1.165) is 11.1 Å². The van der Waals surface area contributed by atoms with Gasteiger partial charge in [-0.2, -0.15) is 0 Å². The Balaban J connectivity index is 1.73. The Morgan fingerprint density at radius 3 is 2.66 bits per heavy atom. The van der Waals surface area contributed by atoms with Crippen LogP contribution in [0.2, 0.25) is 0 Å². The van der Waals surface area contributed by atoms with E-state index in [9.17, 15) is 19.7 Å². The normalized spacial score (nSPS) is 10.7. The third kappa shape index (κ3) is 4.21. The zero-order valence-electron chi connectivity index (χ0n) is 16.0. The van der Waals surface area contributed by atoms with Crippen molar-refractivity contribution in [3.63, 3.8) is 0 Å². The second-order valence-electron chi connectivity index (χ2n) is 6.21. The summed E-state index contributed by atoms with van der Waals surface area (Å²) < 4.78 is 5.11. The molecule has 0 spiro atoms. The maximum atomic E-state index is 12.5. The van der Waals surface area contributed by atoms with Crippen LogP contribution < -0.4 is 5.32 Å². The lowest BCUT2D eigenvalue weighted by molar-refractivity contribution is -0.383. The molecule has 1 aromatic carbocycles. The smallest absolute Gasteiger partial charge is 0.349 e. The first-order valence-electron chi connectivity index (χ1n) is 8.78. The molecule has 9 nitrogen and oxygen atoms in total. The van der Waals surface area contributed by atoms with Gasteiger partial charge in [0.05, 0.1) is 4.92 Å². The predicted molar refractivity (Wildman–Crippen MR) is 108 cm³/mol. The number of amides is 1. The van der Waals surface area contributed by atoms with Gasteiger partial charge in [0.2, 0.25) is 0 Å². The summed E-state index contributed by atoms with van der Waals surface area (Å²) in [6.45, 7) is 5.03. The lowest BCUT2D eigenvalue weighted by Crippen LogP contribution is -2.21. The van der Waals surface area contributed by atoms with Crippen molar-refractivity contribution < 1.29 is 19.2 Å². The average molecular weight is 414 g/mol. The summed E-state index contributed by atoms with van der Waals surface area (Å²) in [4.78, 5) is 44.9. The fourth-order valence-corrected chi connectivity index (χ4v) is 4.01. The third-order valence-corrected chi connectivity index (χ3v) is 5.39. The number of benzene rings is 1. The molecule has 0 atom stereocenters. The highest BCUT2D eigenvalue weighted by Gasteiger charge is 2.21. The lowest BCUT2D eigenvalue weighted by Gasteiger charge is -2.07. The number of aromatic nitrogens is 2. The number of nitrogens with zero attached hydrogens (tertiary/aromatic N) is 3. The summed E-state index contributed by atoms with van der Waals surface area (Å²) >= 11 is 1.19. The summed E-state index contributed by atoms with van der Waals surface area (Å²) in [7, 11) is 0. The molecule has 3 aromatic rings. The van der Waals surface area contributed by atoms with Crippen molar-refractivity contribution in [3.05, 3.63) is 56.3 Å². The predicted octanol–water partition coefficient (Wildman–Crippen LogP) is 3.57. The standard InChI is InChI=1S/C19H18N4O5S/c1-4-14-20-11(3)16-10(2)17(29-18(16)22-14)19(25)28-9-15(24)21-12-7-5-6-8-13(12)23(26)27/h5-8H,4,9H2,1-3H3,(H,21,24). The average Bonchev–Trinajstić information content (AvgIpc) is 3.03. The number of nitro benzene ring substituents is 1. The van der Waals surface area contributed by atoms with Crippen LogP contribution >= 0.6 is 11.3 Å². The zero-order chi connectivity index (χ0) is 21.1. The molecular formula is C19H18N4O5S. The van der Waals surface area contributed by atoms with E-state index in [2.05, 4.69) is 15.3 Å². The fraction of sp³-hybridized carbons (Fsp3) is 0.263. The Labute approximate surface area is 169 Å². The van der Waals surface area contributed by atoms with Crippen molar-refractivity contribution in [2.75, 3.05) is 11.9 Å². The number of hydrogen-bond donors (Lipinski definition) is 1. The van der Waals surface area contributed by atoms with Gasteiger partial charge >= 0.3 is 5.97 Å². The van der Waals surface area contributed by atoms with Crippen molar-refractivity contribution in [1.29, 1.82) is 0 Å². The van der Waals surface area contributed by atoms with Crippen LogP contribution in [0.15, 0.2) is 24.3 Å². The molecule has 29 heavy (non-hydrogen) atoms. The molecule has 2 aromatic heterocycles. The molecule has 150 valence electrons. The summed E-state index contributed by atoms with van der Waals surface area (Å²) in [5.41, 5.74) is 1.28. The molecule has 0 unspecified atom stereocenters. The molecule has 0 saturated heterocycles. The number of para-hydroxylation sites is 2. The maximum Gasteiger partial charge on any atom is 0.349 e. The summed E-state index contributed by atoms with van der Waals surface area (Å²) in [6, 6.07) is 5.73.